The normalized spacial score (nSPS) is 10.1. The minimum atomic E-state index is -0.0430. The van der Waals surface area contributed by atoms with Crippen LogP contribution in [0.1, 0.15) is 51.9 Å². The largest absolute Gasteiger partial charge is 0.294 e. The molecule has 1 heterocycles. The zero-order valence-electron chi connectivity index (χ0n) is 19.0. The van der Waals surface area contributed by atoms with E-state index in [2.05, 4.69) is 18.1 Å². The van der Waals surface area contributed by atoms with Gasteiger partial charge in [0.05, 0.1) is 5.35 Å². The maximum Gasteiger partial charge on any atom is 0.161 e. The van der Waals surface area contributed by atoms with E-state index < -0.39 is 0 Å². The summed E-state index contributed by atoms with van der Waals surface area (Å²) in [4.78, 5) is 26.5. The predicted molar refractivity (Wildman–Crippen MR) is 130 cm³/mol. The van der Waals surface area contributed by atoms with Crippen molar-refractivity contribution in [1.82, 2.24) is 4.98 Å². The second-order valence-corrected chi connectivity index (χ2v) is 5.77. The van der Waals surface area contributed by atoms with Crippen LogP contribution in [-0.2, 0) is 4.79 Å². The fourth-order valence-corrected chi connectivity index (χ4v) is 2.62. The topological polar surface area (TPSA) is 47.0 Å². The molecule has 3 rings (SSSR count). The van der Waals surface area contributed by atoms with Crippen LogP contribution >= 0.6 is 0 Å². The summed E-state index contributed by atoms with van der Waals surface area (Å²) in [6, 6.07) is 17.3. The Bertz CT molecular complexity index is 1080. The number of aromatic nitrogens is 1. The Hall–Kier alpha value is -3.33. The van der Waals surface area contributed by atoms with E-state index in [1.54, 1.807) is 19.2 Å². The number of benzene rings is 2. The van der Waals surface area contributed by atoms with Gasteiger partial charge in [-0.3, -0.25) is 14.6 Å². The van der Waals surface area contributed by atoms with Gasteiger partial charge in [-0.15, -0.1) is 0 Å². The molecule has 3 nitrogen and oxygen atoms in total. The summed E-state index contributed by atoms with van der Waals surface area (Å²) < 4.78 is 0. The molecular weight excluding hydrogens is 370 g/mol. The Labute approximate surface area is 180 Å². The molecule has 0 saturated carbocycles. The van der Waals surface area contributed by atoms with E-state index in [-0.39, 0.29) is 11.6 Å². The van der Waals surface area contributed by atoms with Crippen molar-refractivity contribution < 1.29 is 9.59 Å². The van der Waals surface area contributed by atoms with E-state index >= 15 is 0 Å². The average Bonchev–Trinajstić information content (AvgIpc) is 2.78. The minimum absolute atomic E-state index is 0.0430. The summed E-state index contributed by atoms with van der Waals surface area (Å²) in [5.74, 6) is 0.0791. The first kappa shape index (κ1) is 26.7. The van der Waals surface area contributed by atoms with Gasteiger partial charge in [0.2, 0.25) is 0 Å². The number of nitrogens with zero attached hydrogens (tertiary/aromatic N) is 1. The van der Waals surface area contributed by atoms with E-state index in [0.29, 0.717) is 10.9 Å². The molecule has 0 unspecified atom stereocenters. The van der Waals surface area contributed by atoms with Crippen molar-refractivity contribution in [3.05, 3.63) is 89.6 Å². The molecule has 0 bridgehead atoms. The number of pyridine rings is 1. The van der Waals surface area contributed by atoms with Crippen LogP contribution < -0.4 is 10.6 Å². The van der Waals surface area contributed by atoms with E-state index in [1.807, 2.05) is 76.2 Å². The average molecular weight is 404 g/mol. The van der Waals surface area contributed by atoms with Crippen molar-refractivity contribution in [2.75, 3.05) is 0 Å². The lowest BCUT2D eigenvalue weighted by molar-refractivity contribution is -0.111. The van der Waals surface area contributed by atoms with Crippen LogP contribution in [0.4, 0.5) is 0 Å². The highest BCUT2D eigenvalue weighted by molar-refractivity contribution is 6.16. The van der Waals surface area contributed by atoms with Gasteiger partial charge in [-0.05, 0) is 35.9 Å². The maximum absolute atomic E-state index is 11.3. The van der Waals surface area contributed by atoms with Crippen LogP contribution in [0, 0.1) is 0 Å². The third kappa shape index (κ3) is 7.59. The lowest BCUT2D eigenvalue weighted by Crippen LogP contribution is -2.30. The SMILES string of the molecule is C=C/C(C(C)=O)=c1/ncccc1=C.CC.CC.CC(=O)c1cccc2ccccc12. The first-order chi connectivity index (χ1) is 14.5. The van der Waals surface area contributed by atoms with Gasteiger partial charge in [0, 0.05) is 17.3 Å². The lowest BCUT2D eigenvalue weighted by atomic mass is 10.0. The van der Waals surface area contributed by atoms with E-state index in [1.165, 1.54) is 13.0 Å². The van der Waals surface area contributed by atoms with Crippen molar-refractivity contribution >= 4 is 34.5 Å². The molecule has 0 spiro atoms. The van der Waals surface area contributed by atoms with Gasteiger partial charge in [0.25, 0.3) is 0 Å². The lowest BCUT2D eigenvalue weighted by Gasteiger charge is -2.01. The van der Waals surface area contributed by atoms with Crippen LogP contribution in [0.25, 0.3) is 22.9 Å². The van der Waals surface area contributed by atoms with Gasteiger partial charge < -0.3 is 0 Å². The highest BCUT2D eigenvalue weighted by Gasteiger charge is 2.03. The Kier molecular flexibility index (Phi) is 13.0. The van der Waals surface area contributed by atoms with Gasteiger partial charge in [-0.2, -0.15) is 0 Å². The third-order valence-corrected chi connectivity index (χ3v) is 3.90. The van der Waals surface area contributed by atoms with E-state index in [0.717, 1.165) is 21.6 Å². The Morgan fingerprint density at radius 3 is 2.00 bits per heavy atom. The molecule has 0 atom stereocenters. The summed E-state index contributed by atoms with van der Waals surface area (Å²) in [5.41, 5.74) is 1.32. The number of Topliss-reactive ketones (excluding diaryl/α,β-unsaturated/α-hetero) is 2. The monoisotopic (exact) mass is 403 g/mol. The number of carbonyl (C=O) groups excluding carboxylic acids is 2. The first-order valence-corrected chi connectivity index (χ1v) is 10.2. The molecule has 0 amide bonds. The number of rotatable bonds is 3. The van der Waals surface area contributed by atoms with Gasteiger partial charge in [0.1, 0.15) is 0 Å². The zero-order chi connectivity index (χ0) is 23.1. The molecular formula is C27H33NO2. The minimum Gasteiger partial charge on any atom is -0.294 e. The summed E-state index contributed by atoms with van der Waals surface area (Å²) >= 11 is 0. The van der Waals surface area contributed by atoms with Crippen LogP contribution in [0.15, 0.2) is 73.4 Å². The number of hydrogen-bond donors (Lipinski definition) is 0. The molecule has 158 valence electrons. The fraction of sp³-hybridized carbons (Fsp3) is 0.222. The third-order valence-electron chi connectivity index (χ3n) is 3.90. The molecule has 0 aliphatic heterocycles. The molecule has 0 saturated heterocycles. The molecule has 30 heavy (non-hydrogen) atoms. The summed E-state index contributed by atoms with van der Waals surface area (Å²) in [6.45, 7) is 18.5. The van der Waals surface area contributed by atoms with Crippen LogP contribution in [-0.4, -0.2) is 16.6 Å². The Morgan fingerprint density at radius 2 is 1.47 bits per heavy atom. The smallest absolute Gasteiger partial charge is 0.161 e. The second kappa shape index (κ2) is 14.6. The highest BCUT2D eigenvalue weighted by atomic mass is 16.1. The molecule has 0 N–H and O–H groups in total. The Balaban J connectivity index is 0.000000481. The number of allylic oxidation sites excluding steroid dienone is 1. The Morgan fingerprint density at radius 1 is 0.867 bits per heavy atom. The molecule has 1 aromatic heterocycles. The molecule has 0 aliphatic carbocycles. The number of carbonyl (C=O) groups is 2. The second-order valence-electron chi connectivity index (χ2n) is 5.77. The van der Waals surface area contributed by atoms with E-state index in [9.17, 15) is 9.59 Å². The molecule has 3 aromatic rings. The number of ketones is 2. The summed E-state index contributed by atoms with van der Waals surface area (Å²) in [5, 5.41) is 3.52. The van der Waals surface area contributed by atoms with Crippen molar-refractivity contribution in [3.8, 4) is 0 Å². The van der Waals surface area contributed by atoms with Gasteiger partial charge in [-0.25, -0.2) is 0 Å². The maximum atomic E-state index is 11.3. The van der Waals surface area contributed by atoms with Crippen LogP contribution in [0.2, 0.25) is 0 Å². The first-order valence-electron chi connectivity index (χ1n) is 10.2. The highest BCUT2D eigenvalue weighted by Crippen LogP contribution is 2.18. The molecule has 0 fully saturated rings. The van der Waals surface area contributed by atoms with Crippen molar-refractivity contribution in [2.24, 2.45) is 0 Å². The van der Waals surface area contributed by atoms with Gasteiger partial charge in [0.15, 0.2) is 11.6 Å². The zero-order valence-corrected chi connectivity index (χ0v) is 19.0. The van der Waals surface area contributed by atoms with Gasteiger partial charge >= 0.3 is 0 Å². The van der Waals surface area contributed by atoms with Crippen LogP contribution in [0.3, 0.4) is 0 Å². The predicted octanol–water partition coefficient (Wildman–Crippen LogP) is 5.51. The van der Waals surface area contributed by atoms with Gasteiger partial charge in [-0.1, -0.05) is 95.5 Å². The number of hydrogen-bond acceptors (Lipinski definition) is 3. The standard InChI is InChI=1S/C12H10O.C11H11NO.2C2H6/c1-9(13)11-8-4-6-10-5-2-3-7-12(10)11;1-4-10(9(3)13)11-8(2)6-5-7-12-11;2*1-2/h2-8H,1H3;4-7H,1-2H2,3H3;2*1-2H3/b;11-10-;;. The van der Waals surface area contributed by atoms with Crippen molar-refractivity contribution in [3.63, 3.8) is 0 Å². The van der Waals surface area contributed by atoms with Crippen LogP contribution in [0.5, 0.6) is 0 Å². The van der Waals surface area contributed by atoms with Crippen molar-refractivity contribution in [2.45, 2.75) is 41.5 Å². The molecule has 0 aliphatic rings. The fourth-order valence-electron chi connectivity index (χ4n) is 2.62. The van der Waals surface area contributed by atoms with E-state index in [4.69, 9.17) is 0 Å². The summed E-state index contributed by atoms with van der Waals surface area (Å²) in [7, 11) is 0. The molecule has 3 heteroatoms. The molecule has 0 radical (unpaired) electrons. The van der Waals surface area contributed by atoms with Crippen molar-refractivity contribution in [1.29, 1.82) is 0 Å². The number of fused-ring (bicyclic) bond motifs is 1. The quantitative estimate of drug-likeness (QED) is 0.542. The molecule has 2 aromatic carbocycles. The summed E-state index contributed by atoms with van der Waals surface area (Å²) in [6.07, 6.45) is 3.15.